The number of aliphatic hydroxyl groups is 1. The summed E-state index contributed by atoms with van der Waals surface area (Å²) >= 11 is 0. The van der Waals surface area contributed by atoms with Crippen LogP contribution in [0.2, 0.25) is 0 Å². The molecule has 1 unspecified atom stereocenters. The van der Waals surface area contributed by atoms with Crippen molar-refractivity contribution in [2.75, 3.05) is 7.11 Å². The molecule has 0 aliphatic carbocycles. The quantitative estimate of drug-likeness (QED) is 0.360. The molecule has 0 aliphatic heterocycles. The van der Waals surface area contributed by atoms with E-state index in [0.717, 1.165) is 23.0 Å². The summed E-state index contributed by atoms with van der Waals surface area (Å²) in [7, 11) is 1.61. The van der Waals surface area contributed by atoms with Crippen LogP contribution in [0.1, 0.15) is 29.2 Å². The third kappa shape index (κ3) is 6.14. The zero-order valence-corrected chi connectivity index (χ0v) is 18.7. The Labute approximate surface area is 189 Å². The van der Waals surface area contributed by atoms with E-state index in [1.165, 1.54) is 0 Å². The summed E-state index contributed by atoms with van der Waals surface area (Å²) in [4.78, 5) is 12.7. The maximum Gasteiger partial charge on any atom is 0.255 e. The molecular weight excluding hydrogens is 402 g/mol. The highest BCUT2D eigenvalue weighted by molar-refractivity contribution is 6.19. The van der Waals surface area contributed by atoms with Crippen molar-refractivity contribution in [3.8, 4) is 11.5 Å². The predicted octanol–water partition coefficient (Wildman–Crippen LogP) is 5.23. The van der Waals surface area contributed by atoms with Gasteiger partial charge in [0.2, 0.25) is 0 Å². The van der Waals surface area contributed by atoms with Crippen LogP contribution in [-0.4, -0.2) is 24.2 Å². The summed E-state index contributed by atoms with van der Waals surface area (Å²) in [5.41, 5.74) is 4.08. The number of ether oxygens (including phenoxy) is 2. The van der Waals surface area contributed by atoms with Crippen LogP contribution >= 0.6 is 0 Å². The van der Waals surface area contributed by atoms with E-state index in [2.05, 4.69) is 5.32 Å². The van der Waals surface area contributed by atoms with E-state index < -0.39 is 0 Å². The molecule has 1 atom stereocenters. The van der Waals surface area contributed by atoms with Crippen molar-refractivity contribution in [1.82, 2.24) is 5.32 Å². The summed E-state index contributed by atoms with van der Waals surface area (Å²) in [6.07, 6.45) is 1.46. The van der Waals surface area contributed by atoms with Crippen LogP contribution in [0.4, 0.5) is 0 Å². The van der Waals surface area contributed by atoms with Crippen molar-refractivity contribution < 1.29 is 19.4 Å². The first kappa shape index (κ1) is 22.9. The van der Waals surface area contributed by atoms with Gasteiger partial charge in [-0.15, -0.1) is 0 Å². The van der Waals surface area contributed by atoms with Gasteiger partial charge in [0.05, 0.1) is 18.9 Å². The summed E-state index contributed by atoms with van der Waals surface area (Å²) in [5, 5.41) is 12.6. The smallest absolute Gasteiger partial charge is 0.255 e. The summed E-state index contributed by atoms with van der Waals surface area (Å²) in [6, 6.07) is 23.0. The van der Waals surface area contributed by atoms with E-state index in [1.807, 2.05) is 86.6 Å². The molecule has 2 N–H and O–H groups in total. The Bertz CT molecular complexity index is 1060. The number of amides is 1. The fourth-order valence-corrected chi connectivity index (χ4v) is 3.40. The lowest BCUT2D eigenvalue weighted by Crippen LogP contribution is -2.34. The second kappa shape index (κ2) is 11.0. The molecule has 5 heteroatoms. The number of rotatable bonds is 9. The number of hydrogen-bond donors (Lipinski definition) is 2. The SMILES string of the molecule is COc1cc(CC(C)NC(=O)C(=CO)c2ccc(C)cc2)ccc1OCc1ccccc1. The average Bonchev–Trinajstić information content (AvgIpc) is 2.80. The minimum absolute atomic E-state index is 0.149. The normalized spacial score (nSPS) is 12.2. The molecular formula is C27H29NO4. The topological polar surface area (TPSA) is 67.8 Å². The number of aryl methyl sites for hydroxylation is 1. The fourth-order valence-electron chi connectivity index (χ4n) is 3.40. The number of carbonyl (C=O) groups is 1. The Hall–Kier alpha value is -3.73. The van der Waals surface area contributed by atoms with Gasteiger partial charge in [-0.05, 0) is 49.1 Å². The summed E-state index contributed by atoms with van der Waals surface area (Å²) in [6.45, 7) is 4.35. The van der Waals surface area contributed by atoms with Crippen LogP contribution in [0.3, 0.4) is 0 Å². The molecule has 5 nitrogen and oxygen atoms in total. The monoisotopic (exact) mass is 431 g/mol. The summed E-state index contributed by atoms with van der Waals surface area (Å²) in [5.74, 6) is 0.993. The van der Waals surface area contributed by atoms with Gasteiger partial charge < -0.3 is 19.9 Å². The van der Waals surface area contributed by atoms with E-state index in [9.17, 15) is 9.90 Å². The molecule has 0 saturated carbocycles. The molecule has 0 saturated heterocycles. The first-order valence-electron chi connectivity index (χ1n) is 10.6. The number of benzene rings is 3. The van der Waals surface area contributed by atoms with Crippen LogP contribution in [0.5, 0.6) is 11.5 Å². The fraction of sp³-hybridized carbons (Fsp3) is 0.222. The Morgan fingerprint density at radius 3 is 2.38 bits per heavy atom. The van der Waals surface area contributed by atoms with Crippen molar-refractivity contribution in [2.45, 2.75) is 32.9 Å². The maximum atomic E-state index is 12.7. The number of nitrogens with one attached hydrogen (secondary N) is 1. The minimum Gasteiger partial charge on any atom is -0.515 e. The number of aliphatic hydroxyl groups excluding tert-OH is 1. The van der Waals surface area contributed by atoms with Gasteiger partial charge in [-0.1, -0.05) is 66.2 Å². The lowest BCUT2D eigenvalue weighted by molar-refractivity contribution is -0.116. The first-order valence-corrected chi connectivity index (χ1v) is 10.6. The van der Waals surface area contributed by atoms with Gasteiger partial charge in [0.15, 0.2) is 11.5 Å². The largest absolute Gasteiger partial charge is 0.515 e. The third-order valence-electron chi connectivity index (χ3n) is 5.12. The van der Waals surface area contributed by atoms with E-state index in [4.69, 9.17) is 9.47 Å². The molecule has 0 bridgehead atoms. The molecule has 0 aromatic heterocycles. The standard InChI is InChI=1S/C27H29NO4/c1-19-9-12-23(13-10-19)24(17-29)27(30)28-20(2)15-22-11-14-25(26(16-22)31-3)32-18-21-7-5-4-6-8-21/h4-14,16-17,20,29H,15,18H2,1-3H3,(H,28,30). The lowest BCUT2D eigenvalue weighted by Gasteiger charge is -2.17. The third-order valence-corrected chi connectivity index (χ3v) is 5.12. The molecule has 0 fully saturated rings. The highest BCUT2D eigenvalue weighted by Gasteiger charge is 2.16. The molecule has 166 valence electrons. The van der Waals surface area contributed by atoms with Crippen LogP contribution in [0.15, 0.2) is 79.1 Å². The van der Waals surface area contributed by atoms with Crippen molar-refractivity contribution in [3.63, 3.8) is 0 Å². The zero-order chi connectivity index (χ0) is 22.9. The van der Waals surface area contributed by atoms with Crippen LogP contribution in [-0.2, 0) is 17.8 Å². The van der Waals surface area contributed by atoms with Crippen molar-refractivity contribution >= 4 is 11.5 Å². The Kier molecular flexibility index (Phi) is 7.92. The lowest BCUT2D eigenvalue weighted by atomic mass is 10.0. The van der Waals surface area contributed by atoms with Crippen LogP contribution in [0, 0.1) is 6.92 Å². The number of methoxy groups -OCH3 is 1. The Morgan fingerprint density at radius 2 is 1.72 bits per heavy atom. The van der Waals surface area contributed by atoms with Gasteiger partial charge in [-0.2, -0.15) is 0 Å². The number of carbonyl (C=O) groups excluding carboxylic acids is 1. The van der Waals surface area contributed by atoms with Gasteiger partial charge in [-0.25, -0.2) is 0 Å². The zero-order valence-electron chi connectivity index (χ0n) is 18.7. The molecule has 3 aromatic rings. The minimum atomic E-state index is -0.321. The molecule has 0 aliphatic rings. The Morgan fingerprint density at radius 1 is 1.00 bits per heavy atom. The van der Waals surface area contributed by atoms with Crippen LogP contribution < -0.4 is 14.8 Å². The molecule has 3 rings (SSSR count). The van der Waals surface area contributed by atoms with E-state index in [1.54, 1.807) is 7.11 Å². The van der Waals surface area contributed by atoms with Gasteiger partial charge in [0.1, 0.15) is 6.61 Å². The highest BCUT2D eigenvalue weighted by atomic mass is 16.5. The maximum absolute atomic E-state index is 12.7. The predicted molar refractivity (Wildman–Crippen MR) is 127 cm³/mol. The number of hydrogen-bond acceptors (Lipinski definition) is 4. The van der Waals surface area contributed by atoms with E-state index >= 15 is 0 Å². The first-order chi connectivity index (χ1) is 15.5. The van der Waals surface area contributed by atoms with Crippen LogP contribution in [0.25, 0.3) is 5.57 Å². The van der Waals surface area contributed by atoms with Gasteiger partial charge in [-0.3, -0.25) is 4.79 Å². The van der Waals surface area contributed by atoms with Crippen molar-refractivity contribution in [1.29, 1.82) is 0 Å². The highest BCUT2D eigenvalue weighted by Crippen LogP contribution is 2.29. The molecule has 0 heterocycles. The van der Waals surface area contributed by atoms with E-state index in [-0.39, 0.29) is 17.5 Å². The average molecular weight is 432 g/mol. The molecule has 3 aromatic carbocycles. The van der Waals surface area contributed by atoms with Gasteiger partial charge >= 0.3 is 0 Å². The van der Waals surface area contributed by atoms with Crippen molar-refractivity contribution in [3.05, 3.63) is 101 Å². The summed E-state index contributed by atoms with van der Waals surface area (Å²) < 4.78 is 11.4. The molecule has 32 heavy (non-hydrogen) atoms. The van der Waals surface area contributed by atoms with Gasteiger partial charge in [0.25, 0.3) is 5.91 Å². The second-order valence-electron chi connectivity index (χ2n) is 7.75. The molecule has 0 radical (unpaired) electrons. The van der Waals surface area contributed by atoms with E-state index in [0.29, 0.717) is 30.1 Å². The molecule has 1 amide bonds. The molecule has 0 spiro atoms. The second-order valence-corrected chi connectivity index (χ2v) is 7.75. The Balaban J connectivity index is 1.62. The van der Waals surface area contributed by atoms with Gasteiger partial charge in [0, 0.05) is 6.04 Å². The van der Waals surface area contributed by atoms with Crippen molar-refractivity contribution in [2.24, 2.45) is 0 Å².